The maximum atomic E-state index is 3.72. The van der Waals surface area contributed by atoms with Crippen LogP contribution in [0.4, 0.5) is 0 Å². The fraction of sp³-hybridized carbons (Fsp3) is 1.00. The molecule has 0 saturated heterocycles. The smallest absolute Gasteiger partial charge is 0.00696 e. The van der Waals surface area contributed by atoms with Crippen LogP contribution in [-0.2, 0) is 0 Å². The molecule has 0 radical (unpaired) electrons. The van der Waals surface area contributed by atoms with Crippen LogP contribution >= 0.6 is 0 Å². The van der Waals surface area contributed by atoms with E-state index in [0.29, 0.717) is 12.1 Å². The van der Waals surface area contributed by atoms with Crippen LogP contribution in [0, 0.1) is 11.8 Å². The van der Waals surface area contributed by atoms with Crippen LogP contribution in [0.1, 0.15) is 85.5 Å². The minimum absolute atomic E-state index is 0.648. The summed E-state index contributed by atoms with van der Waals surface area (Å²) in [5.41, 5.74) is 0. The maximum absolute atomic E-state index is 3.72. The molecule has 0 bridgehead atoms. The van der Waals surface area contributed by atoms with E-state index in [1.807, 2.05) is 0 Å². The number of hydrogen-bond acceptors (Lipinski definition) is 2. The number of hydrogen-bond donors (Lipinski definition) is 2. The largest absolute Gasteiger partial charge is 0.312 e. The van der Waals surface area contributed by atoms with Gasteiger partial charge in [0.25, 0.3) is 0 Å². The Bertz CT molecular complexity index is 243. The lowest BCUT2D eigenvalue weighted by atomic mass is 9.75. The molecular formula is C19H38N2. The Hall–Kier alpha value is -0.0800. The second-order valence-corrected chi connectivity index (χ2v) is 8.31. The van der Waals surface area contributed by atoms with Gasteiger partial charge < -0.3 is 10.6 Å². The van der Waals surface area contributed by atoms with E-state index >= 15 is 0 Å². The Kier molecular flexibility index (Phi) is 7.01. The van der Waals surface area contributed by atoms with Crippen LogP contribution in [-0.4, -0.2) is 24.2 Å². The summed E-state index contributed by atoms with van der Waals surface area (Å²) in [5, 5.41) is 7.44. The maximum Gasteiger partial charge on any atom is 0.00696 e. The molecular weight excluding hydrogens is 256 g/mol. The fourth-order valence-electron chi connectivity index (χ4n) is 4.54. The second kappa shape index (κ2) is 8.53. The van der Waals surface area contributed by atoms with E-state index < -0.39 is 0 Å². The molecule has 2 aliphatic carbocycles. The van der Waals surface area contributed by atoms with Gasteiger partial charge in [-0.25, -0.2) is 0 Å². The van der Waals surface area contributed by atoms with Crippen molar-refractivity contribution in [3.63, 3.8) is 0 Å². The van der Waals surface area contributed by atoms with E-state index in [0.717, 1.165) is 23.9 Å². The van der Waals surface area contributed by atoms with E-state index in [1.54, 1.807) is 0 Å². The lowest BCUT2D eigenvalue weighted by Gasteiger charge is -2.35. The van der Waals surface area contributed by atoms with Crippen LogP contribution in [0.15, 0.2) is 0 Å². The quantitative estimate of drug-likeness (QED) is 0.754. The summed E-state index contributed by atoms with van der Waals surface area (Å²) in [6, 6.07) is 2.89. The zero-order valence-corrected chi connectivity index (χ0v) is 14.8. The van der Waals surface area contributed by atoms with Crippen LogP contribution in [0.25, 0.3) is 0 Å². The molecule has 0 atom stereocenters. The summed E-state index contributed by atoms with van der Waals surface area (Å²) in [6.07, 6.45) is 13.0. The first kappa shape index (κ1) is 17.3. The first-order valence-corrected chi connectivity index (χ1v) is 9.55. The summed E-state index contributed by atoms with van der Waals surface area (Å²) in [5.74, 6) is 2.05. The highest BCUT2D eigenvalue weighted by molar-refractivity contribution is 4.83. The highest BCUT2D eigenvalue weighted by Gasteiger charge is 2.27. The lowest BCUT2D eigenvalue weighted by Crippen LogP contribution is -2.39. The average molecular weight is 295 g/mol. The van der Waals surface area contributed by atoms with Gasteiger partial charge in [-0.05, 0) is 69.6 Å². The van der Waals surface area contributed by atoms with E-state index in [4.69, 9.17) is 0 Å². The third kappa shape index (κ3) is 6.28. The summed E-state index contributed by atoms with van der Waals surface area (Å²) < 4.78 is 0. The molecule has 0 amide bonds. The number of rotatable bonds is 6. The van der Waals surface area contributed by atoms with Gasteiger partial charge in [-0.3, -0.25) is 0 Å². The van der Waals surface area contributed by atoms with Crippen LogP contribution in [0.3, 0.4) is 0 Å². The molecule has 0 heterocycles. The summed E-state index contributed by atoms with van der Waals surface area (Å²) in [4.78, 5) is 0. The lowest BCUT2D eigenvalue weighted by molar-refractivity contribution is 0.201. The van der Waals surface area contributed by atoms with Gasteiger partial charge in [0.05, 0.1) is 0 Å². The molecule has 2 fully saturated rings. The van der Waals surface area contributed by atoms with E-state index in [1.165, 1.54) is 57.8 Å². The van der Waals surface area contributed by atoms with Crippen molar-refractivity contribution in [3.8, 4) is 0 Å². The first-order valence-electron chi connectivity index (χ1n) is 9.55. The molecule has 21 heavy (non-hydrogen) atoms. The Morgan fingerprint density at radius 2 is 0.952 bits per heavy atom. The zero-order valence-electron chi connectivity index (χ0n) is 14.8. The summed E-state index contributed by atoms with van der Waals surface area (Å²) in [6.45, 7) is 9.09. The van der Waals surface area contributed by atoms with Crippen LogP contribution < -0.4 is 10.6 Å². The first-order chi connectivity index (χ1) is 10.0. The van der Waals surface area contributed by atoms with E-state index in [-0.39, 0.29) is 0 Å². The molecule has 2 N–H and O–H groups in total. The van der Waals surface area contributed by atoms with Crippen molar-refractivity contribution in [1.82, 2.24) is 10.6 Å². The molecule has 0 spiro atoms. The predicted octanol–water partition coefficient (Wildman–Crippen LogP) is 4.49. The zero-order chi connectivity index (χ0) is 15.2. The van der Waals surface area contributed by atoms with Crippen LogP contribution in [0.2, 0.25) is 0 Å². The number of nitrogens with one attached hydrogen (secondary N) is 2. The van der Waals surface area contributed by atoms with Crippen molar-refractivity contribution >= 4 is 0 Å². The van der Waals surface area contributed by atoms with Gasteiger partial charge in [0.2, 0.25) is 0 Å². The summed E-state index contributed by atoms with van der Waals surface area (Å²) in [7, 11) is 0. The molecule has 2 nitrogen and oxygen atoms in total. The topological polar surface area (TPSA) is 24.1 Å². The third-order valence-corrected chi connectivity index (χ3v) is 5.50. The SMILES string of the molecule is CC(C)NC1CCC(CC2CCC(NC(C)C)CC2)CC1. The molecule has 0 aromatic rings. The fourth-order valence-corrected chi connectivity index (χ4v) is 4.54. The monoisotopic (exact) mass is 294 g/mol. The van der Waals surface area contributed by atoms with Gasteiger partial charge in [-0.1, -0.05) is 27.7 Å². The van der Waals surface area contributed by atoms with Crippen molar-refractivity contribution in [1.29, 1.82) is 0 Å². The molecule has 0 aromatic heterocycles. The standard InChI is InChI=1S/C19H38N2/c1-14(2)20-18-9-5-16(6-10-18)13-17-7-11-19(12-8-17)21-15(3)4/h14-21H,5-13H2,1-4H3. The van der Waals surface area contributed by atoms with Crippen molar-refractivity contribution in [2.75, 3.05) is 0 Å². The highest BCUT2D eigenvalue weighted by atomic mass is 14.9. The van der Waals surface area contributed by atoms with Crippen molar-refractivity contribution < 1.29 is 0 Å². The Morgan fingerprint density at radius 1 is 0.619 bits per heavy atom. The summed E-state index contributed by atoms with van der Waals surface area (Å²) >= 11 is 0. The third-order valence-electron chi connectivity index (χ3n) is 5.50. The van der Waals surface area contributed by atoms with Gasteiger partial charge in [-0.15, -0.1) is 0 Å². The minimum atomic E-state index is 0.648. The molecule has 0 aliphatic heterocycles. The van der Waals surface area contributed by atoms with E-state index in [2.05, 4.69) is 38.3 Å². The van der Waals surface area contributed by atoms with E-state index in [9.17, 15) is 0 Å². The van der Waals surface area contributed by atoms with Gasteiger partial charge in [0.15, 0.2) is 0 Å². The molecule has 2 rings (SSSR count). The van der Waals surface area contributed by atoms with Gasteiger partial charge >= 0.3 is 0 Å². The normalized spacial score (nSPS) is 34.6. The second-order valence-electron chi connectivity index (χ2n) is 8.31. The molecule has 0 unspecified atom stereocenters. The average Bonchev–Trinajstić information content (AvgIpc) is 2.42. The van der Waals surface area contributed by atoms with Crippen molar-refractivity contribution in [2.45, 2.75) is 110 Å². The molecule has 2 aliphatic rings. The van der Waals surface area contributed by atoms with Gasteiger partial charge in [-0.2, -0.15) is 0 Å². The van der Waals surface area contributed by atoms with Crippen molar-refractivity contribution in [2.24, 2.45) is 11.8 Å². The van der Waals surface area contributed by atoms with Gasteiger partial charge in [0.1, 0.15) is 0 Å². The van der Waals surface area contributed by atoms with Gasteiger partial charge in [0, 0.05) is 24.2 Å². The minimum Gasteiger partial charge on any atom is -0.312 e. The van der Waals surface area contributed by atoms with Crippen molar-refractivity contribution in [3.05, 3.63) is 0 Å². The molecule has 124 valence electrons. The highest BCUT2D eigenvalue weighted by Crippen LogP contribution is 2.35. The molecule has 2 saturated carbocycles. The Labute approximate surface area is 132 Å². The Balaban J connectivity index is 1.61. The predicted molar refractivity (Wildman–Crippen MR) is 92.7 cm³/mol. The van der Waals surface area contributed by atoms with Crippen LogP contribution in [0.5, 0.6) is 0 Å². The molecule has 2 heteroatoms. The molecule has 0 aromatic carbocycles. The Morgan fingerprint density at radius 3 is 1.24 bits per heavy atom.